The zero-order valence-electron chi connectivity index (χ0n) is 14.3. The third-order valence-electron chi connectivity index (χ3n) is 8.49. The summed E-state index contributed by atoms with van der Waals surface area (Å²) < 4.78 is 15.1. The highest BCUT2D eigenvalue weighted by Gasteiger charge is 2.64. The van der Waals surface area contributed by atoms with Gasteiger partial charge in [-0.1, -0.05) is 13.8 Å². The third-order valence-corrected chi connectivity index (χ3v) is 8.49. The Balaban J connectivity index is 1.71. The number of alkyl halides is 1. The molecule has 3 nitrogen and oxygen atoms in total. The number of hydrogen-bond acceptors (Lipinski definition) is 3. The topological polar surface area (TPSA) is 60.7 Å². The average Bonchev–Trinajstić information content (AvgIpc) is 2.76. The van der Waals surface area contributed by atoms with E-state index in [1.54, 1.807) is 0 Å². The van der Waals surface area contributed by atoms with E-state index < -0.39 is 12.3 Å². The minimum atomic E-state index is -0.886. The van der Waals surface area contributed by atoms with E-state index in [1.165, 1.54) is 0 Å². The van der Waals surface area contributed by atoms with E-state index in [9.17, 15) is 15.3 Å². The smallest absolute Gasteiger partial charge is 0.104 e. The van der Waals surface area contributed by atoms with Crippen LogP contribution < -0.4 is 0 Å². The number of fused-ring (bicyclic) bond motifs is 5. The van der Waals surface area contributed by atoms with Crippen molar-refractivity contribution in [1.82, 2.24) is 0 Å². The highest BCUT2D eigenvalue weighted by Crippen LogP contribution is 2.66. The van der Waals surface area contributed by atoms with Gasteiger partial charge in [-0.2, -0.15) is 0 Å². The molecule has 0 aromatic heterocycles. The fourth-order valence-electron chi connectivity index (χ4n) is 7.33. The molecular weight excluding hydrogens is 295 g/mol. The molecule has 4 heteroatoms. The summed E-state index contributed by atoms with van der Waals surface area (Å²) in [6.07, 6.45) is 2.87. The van der Waals surface area contributed by atoms with E-state index in [-0.39, 0.29) is 40.8 Å². The molecule has 10 atom stereocenters. The lowest BCUT2D eigenvalue weighted by atomic mass is 9.44. The molecule has 0 bridgehead atoms. The molecule has 0 saturated heterocycles. The molecule has 3 N–H and O–H groups in total. The van der Waals surface area contributed by atoms with Gasteiger partial charge in [0.1, 0.15) is 6.17 Å². The molecule has 0 spiro atoms. The van der Waals surface area contributed by atoms with Crippen molar-refractivity contribution in [2.45, 2.75) is 83.3 Å². The first-order valence-electron chi connectivity index (χ1n) is 9.45. The quantitative estimate of drug-likeness (QED) is 0.641. The van der Waals surface area contributed by atoms with Gasteiger partial charge in [0, 0.05) is 0 Å². The fraction of sp³-hybridized carbons (Fsp3) is 1.00. The van der Waals surface area contributed by atoms with E-state index in [1.807, 2.05) is 0 Å². The van der Waals surface area contributed by atoms with E-state index >= 15 is 4.39 Å². The summed E-state index contributed by atoms with van der Waals surface area (Å²) in [4.78, 5) is 0. The SMILES string of the molecule is C[C@]12CC[C@H](O)C[C@@H]1[C@@H](F)C[C@@H]1[C@@H]2[C@@H](O)C[C@]2(C)[C@@H](O)CC[C@@H]12. The van der Waals surface area contributed by atoms with Gasteiger partial charge < -0.3 is 15.3 Å². The Labute approximate surface area is 138 Å². The van der Waals surface area contributed by atoms with Crippen LogP contribution >= 0.6 is 0 Å². The Bertz CT molecular complexity index is 485. The fourth-order valence-corrected chi connectivity index (χ4v) is 7.33. The van der Waals surface area contributed by atoms with Crippen molar-refractivity contribution in [2.75, 3.05) is 0 Å². The molecule has 23 heavy (non-hydrogen) atoms. The summed E-state index contributed by atoms with van der Waals surface area (Å²) in [5, 5.41) is 31.5. The van der Waals surface area contributed by atoms with Crippen molar-refractivity contribution in [3.63, 3.8) is 0 Å². The van der Waals surface area contributed by atoms with Gasteiger partial charge in [0.05, 0.1) is 18.3 Å². The zero-order valence-corrected chi connectivity index (χ0v) is 14.3. The molecule has 0 heterocycles. The first-order valence-corrected chi connectivity index (χ1v) is 9.45. The van der Waals surface area contributed by atoms with E-state index in [0.717, 1.165) is 25.7 Å². The predicted octanol–water partition coefficient (Wildman–Crippen LogP) is 2.67. The normalized spacial score (nSPS) is 62.3. The Morgan fingerprint density at radius 3 is 2.39 bits per heavy atom. The summed E-state index contributed by atoms with van der Waals surface area (Å²) >= 11 is 0. The lowest BCUT2D eigenvalue weighted by Gasteiger charge is -2.62. The molecule has 0 aromatic carbocycles. The summed E-state index contributed by atoms with van der Waals surface area (Å²) in [5.74, 6) is 0.495. The van der Waals surface area contributed by atoms with Crippen LogP contribution in [0.3, 0.4) is 0 Å². The second kappa shape index (κ2) is 5.15. The molecule has 4 aliphatic rings. The van der Waals surface area contributed by atoms with Crippen LogP contribution in [0.2, 0.25) is 0 Å². The highest BCUT2D eigenvalue weighted by atomic mass is 19.1. The number of halogens is 1. The van der Waals surface area contributed by atoms with Gasteiger partial charge in [-0.25, -0.2) is 4.39 Å². The van der Waals surface area contributed by atoms with Crippen LogP contribution in [0.1, 0.15) is 58.8 Å². The van der Waals surface area contributed by atoms with Crippen molar-refractivity contribution in [3.8, 4) is 0 Å². The van der Waals surface area contributed by atoms with Gasteiger partial charge >= 0.3 is 0 Å². The Hall–Kier alpha value is -0.190. The standard InChI is InChI=1S/C19H31FO3/c1-18-6-5-10(21)7-13(18)14(20)8-11-12-3-4-16(23)19(12,2)9-15(22)17(11)18/h10-17,21-23H,3-9H2,1-2H3/t10-,11-,12-,13+,14-,15-,16-,17+,18-,19-/m0/s1. The third kappa shape index (κ3) is 2.10. The van der Waals surface area contributed by atoms with Crippen molar-refractivity contribution in [1.29, 1.82) is 0 Å². The Morgan fingerprint density at radius 1 is 0.913 bits per heavy atom. The average molecular weight is 326 g/mol. The van der Waals surface area contributed by atoms with Gasteiger partial charge in [0.15, 0.2) is 0 Å². The van der Waals surface area contributed by atoms with Crippen LogP contribution in [0.15, 0.2) is 0 Å². The van der Waals surface area contributed by atoms with Gasteiger partial charge in [-0.05, 0) is 79.4 Å². The second-order valence-electron chi connectivity index (χ2n) is 9.46. The van der Waals surface area contributed by atoms with E-state index in [4.69, 9.17) is 0 Å². The molecule has 132 valence electrons. The zero-order chi connectivity index (χ0) is 16.6. The maximum atomic E-state index is 15.1. The number of aliphatic hydroxyl groups excluding tert-OH is 3. The lowest BCUT2D eigenvalue weighted by molar-refractivity contribution is -0.200. The minimum Gasteiger partial charge on any atom is -0.393 e. The van der Waals surface area contributed by atoms with Gasteiger partial charge in [-0.3, -0.25) is 0 Å². The number of hydrogen-bond donors (Lipinski definition) is 3. The molecule has 4 saturated carbocycles. The van der Waals surface area contributed by atoms with Crippen LogP contribution in [0.25, 0.3) is 0 Å². The van der Waals surface area contributed by atoms with Crippen LogP contribution in [-0.2, 0) is 0 Å². The highest BCUT2D eigenvalue weighted by molar-refractivity contribution is 5.13. The lowest BCUT2D eigenvalue weighted by Crippen LogP contribution is -2.62. The molecule has 4 rings (SSSR count). The maximum absolute atomic E-state index is 15.1. The molecular formula is C19H31FO3. The largest absolute Gasteiger partial charge is 0.393 e. The summed E-state index contributed by atoms with van der Waals surface area (Å²) in [6.45, 7) is 4.26. The molecule has 0 amide bonds. The second-order valence-corrected chi connectivity index (χ2v) is 9.46. The van der Waals surface area contributed by atoms with Crippen LogP contribution in [0, 0.1) is 34.5 Å². The summed E-state index contributed by atoms with van der Waals surface area (Å²) in [6, 6.07) is 0. The van der Waals surface area contributed by atoms with Gasteiger partial charge in [-0.15, -0.1) is 0 Å². The monoisotopic (exact) mass is 326 g/mol. The van der Waals surface area contributed by atoms with Crippen molar-refractivity contribution in [3.05, 3.63) is 0 Å². The van der Waals surface area contributed by atoms with Crippen molar-refractivity contribution >= 4 is 0 Å². The summed E-state index contributed by atoms with van der Waals surface area (Å²) in [5.41, 5.74) is -0.465. The Morgan fingerprint density at radius 2 is 1.65 bits per heavy atom. The predicted molar refractivity (Wildman–Crippen MR) is 85.4 cm³/mol. The van der Waals surface area contributed by atoms with Crippen molar-refractivity contribution < 1.29 is 19.7 Å². The van der Waals surface area contributed by atoms with Gasteiger partial charge in [0.25, 0.3) is 0 Å². The van der Waals surface area contributed by atoms with E-state index in [2.05, 4.69) is 13.8 Å². The van der Waals surface area contributed by atoms with Crippen LogP contribution in [-0.4, -0.2) is 39.8 Å². The molecule has 0 aromatic rings. The van der Waals surface area contributed by atoms with Crippen molar-refractivity contribution in [2.24, 2.45) is 34.5 Å². The molecule has 0 radical (unpaired) electrons. The van der Waals surface area contributed by atoms with Gasteiger partial charge in [0.2, 0.25) is 0 Å². The Kier molecular flexibility index (Phi) is 3.65. The first kappa shape index (κ1) is 16.3. The number of aliphatic hydroxyl groups is 3. The van der Waals surface area contributed by atoms with Crippen LogP contribution in [0.5, 0.6) is 0 Å². The van der Waals surface area contributed by atoms with Crippen LogP contribution in [0.4, 0.5) is 4.39 Å². The number of rotatable bonds is 0. The first-order chi connectivity index (χ1) is 10.8. The van der Waals surface area contributed by atoms with E-state index in [0.29, 0.717) is 25.2 Å². The summed E-state index contributed by atoms with van der Waals surface area (Å²) in [7, 11) is 0. The molecule has 0 unspecified atom stereocenters. The molecule has 4 aliphatic carbocycles. The maximum Gasteiger partial charge on any atom is 0.104 e. The molecule has 0 aliphatic heterocycles. The minimum absolute atomic E-state index is 0.121. The molecule has 4 fully saturated rings.